The van der Waals surface area contributed by atoms with Gasteiger partial charge in [0.2, 0.25) is 0 Å². The number of halogens is 1. The number of nitrogens with zero attached hydrogens (tertiary/aromatic N) is 2. The smallest absolute Gasteiger partial charge is 0.129 e. The number of piperidine rings is 1. The quantitative estimate of drug-likeness (QED) is 0.795. The fraction of sp³-hybridized carbons (Fsp3) is 0.357. The third kappa shape index (κ3) is 2.60. The van der Waals surface area contributed by atoms with E-state index in [0.29, 0.717) is 0 Å². The molecular formula is C14H17BrN2. The van der Waals surface area contributed by atoms with Crippen molar-refractivity contribution >= 4 is 33.7 Å². The zero-order chi connectivity index (χ0) is 10.8. The molecule has 3 heteroatoms. The normalized spacial score (nSPS) is 15.6. The van der Waals surface area contributed by atoms with Crippen molar-refractivity contribution in [2.75, 3.05) is 18.0 Å². The van der Waals surface area contributed by atoms with Gasteiger partial charge in [0, 0.05) is 18.5 Å². The van der Waals surface area contributed by atoms with E-state index in [9.17, 15) is 0 Å². The fourth-order valence-electron chi connectivity index (χ4n) is 2.35. The van der Waals surface area contributed by atoms with Gasteiger partial charge in [0.15, 0.2) is 0 Å². The van der Waals surface area contributed by atoms with Crippen molar-refractivity contribution in [2.45, 2.75) is 19.3 Å². The molecule has 1 aromatic heterocycles. The number of pyridine rings is 1. The number of hydrogen-bond acceptors (Lipinski definition) is 2. The van der Waals surface area contributed by atoms with Crippen molar-refractivity contribution < 1.29 is 0 Å². The van der Waals surface area contributed by atoms with Gasteiger partial charge in [-0.3, -0.25) is 0 Å². The number of para-hydroxylation sites is 1. The molecule has 0 bridgehead atoms. The van der Waals surface area contributed by atoms with Gasteiger partial charge in [-0.2, -0.15) is 0 Å². The Hall–Kier alpha value is -1.09. The Morgan fingerprint density at radius 2 is 1.65 bits per heavy atom. The summed E-state index contributed by atoms with van der Waals surface area (Å²) in [5.41, 5.74) is 1.10. The number of benzene rings is 1. The summed E-state index contributed by atoms with van der Waals surface area (Å²) in [6, 6.07) is 12.6. The molecular weight excluding hydrogens is 276 g/mol. The summed E-state index contributed by atoms with van der Waals surface area (Å²) in [5.74, 6) is 1.14. The number of fused-ring (bicyclic) bond motifs is 1. The van der Waals surface area contributed by atoms with Gasteiger partial charge in [-0.15, -0.1) is 17.0 Å². The summed E-state index contributed by atoms with van der Waals surface area (Å²) < 4.78 is 0. The molecule has 17 heavy (non-hydrogen) atoms. The van der Waals surface area contributed by atoms with Gasteiger partial charge >= 0.3 is 0 Å². The van der Waals surface area contributed by atoms with Crippen LogP contribution in [0.5, 0.6) is 0 Å². The maximum Gasteiger partial charge on any atom is 0.129 e. The van der Waals surface area contributed by atoms with Crippen molar-refractivity contribution in [3.05, 3.63) is 36.4 Å². The van der Waals surface area contributed by atoms with Crippen LogP contribution in [0.15, 0.2) is 36.4 Å². The molecule has 0 unspecified atom stereocenters. The second-order valence-corrected chi connectivity index (χ2v) is 4.41. The highest BCUT2D eigenvalue weighted by atomic mass is 79.9. The number of anilines is 1. The van der Waals surface area contributed by atoms with Crippen LogP contribution in [0.3, 0.4) is 0 Å². The maximum atomic E-state index is 4.72. The number of aromatic nitrogens is 1. The van der Waals surface area contributed by atoms with Gasteiger partial charge in [-0.25, -0.2) is 4.98 Å². The fourth-order valence-corrected chi connectivity index (χ4v) is 2.35. The first-order chi connectivity index (χ1) is 7.93. The average Bonchev–Trinajstić information content (AvgIpc) is 2.39. The Kier molecular flexibility index (Phi) is 4.00. The molecule has 90 valence electrons. The summed E-state index contributed by atoms with van der Waals surface area (Å²) in [5, 5.41) is 1.23. The monoisotopic (exact) mass is 292 g/mol. The first kappa shape index (κ1) is 12.4. The molecule has 0 N–H and O–H groups in total. The molecule has 1 aliphatic rings. The largest absolute Gasteiger partial charge is 0.357 e. The Morgan fingerprint density at radius 1 is 0.882 bits per heavy atom. The molecule has 2 heterocycles. The molecule has 1 fully saturated rings. The summed E-state index contributed by atoms with van der Waals surface area (Å²) in [4.78, 5) is 7.12. The van der Waals surface area contributed by atoms with E-state index in [2.05, 4.69) is 41.3 Å². The molecule has 0 spiro atoms. The Labute approximate surface area is 112 Å². The predicted octanol–water partition coefficient (Wildman–Crippen LogP) is 3.80. The van der Waals surface area contributed by atoms with Crippen LogP contribution in [-0.4, -0.2) is 18.1 Å². The highest BCUT2D eigenvalue weighted by molar-refractivity contribution is 8.93. The molecule has 2 aromatic rings. The van der Waals surface area contributed by atoms with E-state index < -0.39 is 0 Å². The minimum atomic E-state index is 0. The average molecular weight is 293 g/mol. The molecule has 0 aliphatic carbocycles. The molecule has 2 nitrogen and oxygen atoms in total. The molecule has 0 saturated carbocycles. The van der Waals surface area contributed by atoms with Crippen LogP contribution in [-0.2, 0) is 0 Å². The Balaban J connectivity index is 0.00000108. The lowest BCUT2D eigenvalue weighted by Gasteiger charge is -2.27. The summed E-state index contributed by atoms with van der Waals surface area (Å²) in [6.45, 7) is 2.32. The second kappa shape index (κ2) is 5.50. The van der Waals surface area contributed by atoms with E-state index in [1.165, 1.54) is 24.6 Å². The van der Waals surface area contributed by atoms with Gasteiger partial charge in [-0.1, -0.05) is 18.2 Å². The van der Waals surface area contributed by atoms with Gasteiger partial charge < -0.3 is 4.90 Å². The van der Waals surface area contributed by atoms with Crippen LogP contribution in [0.4, 0.5) is 5.82 Å². The lowest BCUT2D eigenvalue weighted by atomic mass is 10.1. The summed E-state index contributed by atoms with van der Waals surface area (Å²) >= 11 is 0. The van der Waals surface area contributed by atoms with E-state index in [1.54, 1.807) is 0 Å². The molecule has 0 amide bonds. The van der Waals surface area contributed by atoms with E-state index in [4.69, 9.17) is 4.98 Å². The highest BCUT2D eigenvalue weighted by Crippen LogP contribution is 2.20. The van der Waals surface area contributed by atoms with Gasteiger partial charge in [0.25, 0.3) is 0 Å². The highest BCUT2D eigenvalue weighted by Gasteiger charge is 2.11. The van der Waals surface area contributed by atoms with Crippen LogP contribution in [0.25, 0.3) is 10.9 Å². The molecule has 3 rings (SSSR count). The first-order valence-electron chi connectivity index (χ1n) is 6.04. The SMILES string of the molecule is Br.c1ccc2nc(N3CCCCC3)ccc2c1. The topological polar surface area (TPSA) is 16.1 Å². The van der Waals surface area contributed by atoms with Gasteiger partial charge in [0.1, 0.15) is 5.82 Å². The van der Waals surface area contributed by atoms with Crippen LogP contribution in [0.2, 0.25) is 0 Å². The third-order valence-corrected chi connectivity index (χ3v) is 3.26. The molecule has 0 atom stereocenters. The summed E-state index contributed by atoms with van der Waals surface area (Å²) in [7, 11) is 0. The lowest BCUT2D eigenvalue weighted by molar-refractivity contribution is 0.574. The molecule has 1 saturated heterocycles. The second-order valence-electron chi connectivity index (χ2n) is 4.41. The van der Waals surface area contributed by atoms with E-state index >= 15 is 0 Å². The van der Waals surface area contributed by atoms with Gasteiger partial charge in [-0.05, 0) is 37.5 Å². The minimum Gasteiger partial charge on any atom is -0.357 e. The predicted molar refractivity (Wildman–Crippen MR) is 78.1 cm³/mol. The molecule has 1 aliphatic heterocycles. The van der Waals surface area contributed by atoms with Crippen LogP contribution >= 0.6 is 17.0 Å². The van der Waals surface area contributed by atoms with Crippen LogP contribution < -0.4 is 4.90 Å². The van der Waals surface area contributed by atoms with Crippen molar-refractivity contribution in [1.82, 2.24) is 4.98 Å². The zero-order valence-corrected chi connectivity index (χ0v) is 11.5. The number of hydrogen-bond donors (Lipinski definition) is 0. The Morgan fingerprint density at radius 3 is 2.47 bits per heavy atom. The molecule has 1 aromatic carbocycles. The lowest BCUT2D eigenvalue weighted by Crippen LogP contribution is -2.30. The van der Waals surface area contributed by atoms with E-state index in [0.717, 1.165) is 24.4 Å². The van der Waals surface area contributed by atoms with Crippen molar-refractivity contribution in [2.24, 2.45) is 0 Å². The maximum absolute atomic E-state index is 4.72. The third-order valence-electron chi connectivity index (χ3n) is 3.26. The Bertz CT molecular complexity index is 492. The first-order valence-corrected chi connectivity index (χ1v) is 6.04. The summed E-state index contributed by atoms with van der Waals surface area (Å²) in [6.07, 6.45) is 3.97. The van der Waals surface area contributed by atoms with Crippen molar-refractivity contribution in [3.63, 3.8) is 0 Å². The van der Waals surface area contributed by atoms with E-state index in [-0.39, 0.29) is 17.0 Å². The van der Waals surface area contributed by atoms with Crippen molar-refractivity contribution in [3.8, 4) is 0 Å². The standard InChI is InChI=1S/C14H16N2.BrH/c1-4-10-16(11-5-1)14-9-8-12-6-2-3-7-13(12)15-14;/h2-3,6-9H,1,4-5,10-11H2;1H. The van der Waals surface area contributed by atoms with Gasteiger partial charge in [0.05, 0.1) is 5.52 Å². The minimum absolute atomic E-state index is 0. The van der Waals surface area contributed by atoms with Crippen LogP contribution in [0, 0.1) is 0 Å². The van der Waals surface area contributed by atoms with Crippen molar-refractivity contribution in [1.29, 1.82) is 0 Å². The van der Waals surface area contributed by atoms with E-state index in [1.807, 2.05) is 0 Å². The zero-order valence-electron chi connectivity index (χ0n) is 9.80. The van der Waals surface area contributed by atoms with Crippen LogP contribution in [0.1, 0.15) is 19.3 Å². The molecule has 0 radical (unpaired) electrons. The number of rotatable bonds is 1.